The molecule has 1 N–H and O–H groups in total. The van der Waals surface area contributed by atoms with Gasteiger partial charge in [-0.05, 0) is 41.1 Å². The van der Waals surface area contributed by atoms with Gasteiger partial charge in [-0.1, -0.05) is 0 Å². The molecule has 0 spiro atoms. The highest BCUT2D eigenvalue weighted by molar-refractivity contribution is 9.10. The predicted molar refractivity (Wildman–Crippen MR) is 70.8 cm³/mol. The summed E-state index contributed by atoms with van der Waals surface area (Å²) in [7, 11) is 3.48. The summed E-state index contributed by atoms with van der Waals surface area (Å²) in [4.78, 5) is 12.6. The molecule has 94 valence electrons. The Morgan fingerprint density at radius 3 is 2.71 bits per heavy atom. The molecule has 0 radical (unpaired) electrons. The van der Waals surface area contributed by atoms with Crippen molar-refractivity contribution in [1.82, 2.24) is 0 Å². The summed E-state index contributed by atoms with van der Waals surface area (Å²) >= 11 is 3.41. The third-order valence-electron chi connectivity index (χ3n) is 2.67. The quantitative estimate of drug-likeness (QED) is 0.908. The summed E-state index contributed by atoms with van der Waals surface area (Å²) in [5.41, 5.74) is 0.950. The summed E-state index contributed by atoms with van der Waals surface area (Å²) in [6, 6.07) is 5.61. The number of rotatable bonds is 5. The average molecular weight is 302 g/mol. The number of methoxy groups -OCH3 is 1. The SMILES string of the molecule is COc1ccc(N(C)C(C)CC(=O)O)cc1Br. The summed E-state index contributed by atoms with van der Waals surface area (Å²) in [5.74, 6) is -0.0371. The van der Waals surface area contributed by atoms with E-state index in [-0.39, 0.29) is 12.5 Å². The molecule has 1 aromatic carbocycles. The van der Waals surface area contributed by atoms with E-state index >= 15 is 0 Å². The molecule has 1 rings (SSSR count). The Morgan fingerprint density at radius 2 is 2.24 bits per heavy atom. The maximum absolute atomic E-state index is 10.7. The molecule has 0 aliphatic rings. The van der Waals surface area contributed by atoms with E-state index in [2.05, 4.69) is 15.9 Å². The van der Waals surface area contributed by atoms with E-state index in [1.54, 1.807) is 7.11 Å². The third-order valence-corrected chi connectivity index (χ3v) is 3.29. The van der Waals surface area contributed by atoms with Crippen molar-refractivity contribution >= 4 is 27.6 Å². The molecule has 0 aliphatic carbocycles. The molecule has 17 heavy (non-hydrogen) atoms. The summed E-state index contributed by atoms with van der Waals surface area (Å²) in [6.45, 7) is 1.88. The minimum atomic E-state index is -0.795. The number of benzene rings is 1. The van der Waals surface area contributed by atoms with Crippen molar-refractivity contribution in [1.29, 1.82) is 0 Å². The number of anilines is 1. The first-order valence-electron chi connectivity index (χ1n) is 5.24. The van der Waals surface area contributed by atoms with Gasteiger partial charge in [-0.25, -0.2) is 0 Å². The second-order valence-corrected chi connectivity index (χ2v) is 4.73. The molecule has 0 amide bonds. The number of halogens is 1. The van der Waals surface area contributed by atoms with Crippen LogP contribution in [-0.4, -0.2) is 31.3 Å². The van der Waals surface area contributed by atoms with Crippen LogP contribution in [0.4, 0.5) is 5.69 Å². The number of aliphatic carboxylic acids is 1. The Bertz CT molecular complexity index is 409. The molecule has 5 heteroatoms. The van der Waals surface area contributed by atoms with Crippen molar-refractivity contribution in [3.63, 3.8) is 0 Å². The molecular weight excluding hydrogens is 286 g/mol. The first-order valence-corrected chi connectivity index (χ1v) is 6.03. The van der Waals surface area contributed by atoms with Gasteiger partial charge in [-0.15, -0.1) is 0 Å². The van der Waals surface area contributed by atoms with E-state index in [1.807, 2.05) is 37.1 Å². The van der Waals surface area contributed by atoms with E-state index in [0.717, 1.165) is 15.9 Å². The Balaban J connectivity index is 2.85. The van der Waals surface area contributed by atoms with Crippen LogP contribution in [0.2, 0.25) is 0 Å². The van der Waals surface area contributed by atoms with Gasteiger partial charge in [-0.3, -0.25) is 4.79 Å². The average Bonchev–Trinajstić information content (AvgIpc) is 2.27. The van der Waals surface area contributed by atoms with Crippen molar-refractivity contribution in [3.8, 4) is 5.75 Å². The number of carboxylic acids is 1. The van der Waals surface area contributed by atoms with Crippen molar-refractivity contribution in [3.05, 3.63) is 22.7 Å². The number of hydrogen-bond donors (Lipinski definition) is 1. The monoisotopic (exact) mass is 301 g/mol. The fraction of sp³-hybridized carbons (Fsp3) is 0.417. The molecule has 0 saturated carbocycles. The maximum Gasteiger partial charge on any atom is 0.305 e. The normalized spacial score (nSPS) is 12.0. The molecule has 1 unspecified atom stereocenters. The van der Waals surface area contributed by atoms with E-state index in [0.29, 0.717) is 0 Å². The lowest BCUT2D eigenvalue weighted by atomic mass is 10.2. The topological polar surface area (TPSA) is 49.8 Å². The number of carboxylic acid groups (broad SMARTS) is 1. The minimum absolute atomic E-state index is 0.0622. The van der Waals surface area contributed by atoms with Gasteiger partial charge in [-0.2, -0.15) is 0 Å². The predicted octanol–water partition coefficient (Wildman–Crippen LogP) is 2.76. The van der Waals surface area contributed by atoms with Crippen LogP contribution in [0.5, 0.6) is 5.75 Å². The number of nitrogens with zero attached hydrogens (tertiary/aromatic N) is 1. The Hall–Kier alpha value is -1.23. The fourth-order valence-electron chi connectivity index (χ4n) is 1.52. The molecule has 1 atom stereocenters. The summed E-state index contributed by atoms with van der Waals surface area (Å²) in [6.07, 6.45) is 0.111. The Morgan fingerprint density at radius 1 is 1.59 bits per heavy atom. The smallest absolute Gasteiger partial charge is 0.305 e. The van der Waals surface area contributed by atoms with Crippen LogP contribution in [-0.2, 0) is 4.79 Å². The zero-order chi connectivity index (χ0) is 13.0. The lowest BCUT2D eigenvalue weighted by Crippen LogP contribution is -2.30. The van der Waals surface area contributed by atoms with Crippen LogP contribution < -0.4 is 9.64 Å². The molecule has 0 heterocycles. The van der Waals surface area contributed by atoms with Crippen LogP contribution in [0.15, 0.2) is 22.7 Å². The molecule has 0 aromatic heterocycles. The van der Waals surface area contributed by atoms with Gasteiger partial charge < -0.3 is 14.7 Å². The van der Waals surface area contributed by atoms with Crippen LogP contribution in [0.25, 0.3) is 0 Å². The highest BCUT2D eigenvalue weighted by Gasteiger charge is 2.14. The van der Waals surface area contributed by atoms with Gasteiger partial charge in [0, 0.05) is 18.8 Å². The lowest BCUT2D eigenvalue weighted by molar-refractivity contribution is -0.137. The molecule has 1 aromatic rings. The van der Waals surface area contributed by atoms with Crippen molar-refractivity contribution in [2.45, 2.75) is 19.4 Å². The molecule has 0 fully saturated rings. The van der Waals surface area contributed by atoms with Crippen LogP contribution in [0, 0.1) is 0 Å². The first-order chi connectivity index (χ1) is 7.95. The number of carbonyl (C=O) groups is 1. The lowest BCUT2D eigenvalue weighted by Gasteiger charge is -2.26. The van der Waals surface area contributed by atoms with E-state index in [9.17, 15) is 4.79 Å². The minimum Gasteiger partial charge on any atom is -0.496 e. The maximum atomic E-state index is 10.7. The van der Waals surface area contributed by atoms with E-state index < -0.39 is 5.97 Å². The van der Waals surface area contributed by atoms with Crippen molar-refractivity contribution < 1.29 is 14.6 Å². The molecule has 0 saturated heterocycles. The zero-order valence-electron chi connectivity index (χ0n) is 10.1. The van der Waals surface area contributed by atoms with Crippen LogP contribution in [0.1, 0.15) is 13.3 Å². The van der Waals surface area contributed by atoms with Crippen molar-refractivity contribution in [2.24, 2.45) is 0 Å². The largest absolute Gasteiger partial charge is 0.496 e. The summed E-state index contributed by atoms with van der Waals surface area (Å²) < 4.78 is 6.00. The van der Waals surface area contributed by atoms with E-state index in [1.165, 1.54) is 0 Å². The first kappa shape index (κ1) is 13.8. The van der Waals surface area contributed by atoms with Crippen LogP contribution >= 0.6 is 15.9 Å². The van der Waals surface area contributed by atoms with Gasteiger partial charge in [0.25, 0.3) is 0 Å². The Kier molecular flexibility index (Phi) is 4.81. The fourth-order valence-corrected chi connectivity index (χ4v) is 2.05. The number of ether oxygens (including phenoxy) is 1. The van der Waals surface area contributed by atoms with Gasteiger partial charge in [0.1, 0.15) is 5.75 Å². The van der Waals surface area contributed by atoms with Gasteiger partial charge in [0.2, 0.25) is 0 Å². The second kappa shape index (κ2) is 5.91. The number of hydrogen-bond acceptors (Lipinski definition) is 3. The molecule has 0 aliphatic heterocycles. The van der Waals surface area contributed by atoms with Crippen molar-refractivity contribution in [2.75, 3.05) is 19.1 Å². The van der Waals surface area contributed by atoms with Gasteiger partial charge in [0.15, 0.2) is 0 Å². The highest BCUT2D eigenvalue weighted by atomic mass is 79.9. The third kappa shape index (κ3) is 3.63. The molecular formula is C12H16BrNO3. The standard InChI is InChI=1S/C12H16BrNO3/c1-8(6-12(15)16)14(2)9-4-5-11(17-3)10(13)7-9/h4-5,7-8H,6H2,1-3H3,(H,15,16). The molecule has 0 bridgehead atoms. The van der Waals surface area contributed by atoms with Gasteiger partial charge >= 0.3 is 5.97 Å². The highest BCUT2D eigenvalue weighted by Crippen LogP contribution is 2.30. The molecule has 4 nitrogen and oxygen atoms in total. The van der Waals surface area contributed by atoms with Gasteiger partial charge in [0.05, 0.1) is 18.0 Å². The Labute approximate surface area is 109 Å². The van der Waals surface area contributed by atoms with E-state index in [4.69, 9.17) is 9.84 Å². The summed E-state index contributed by atoms with van der Waals surface area (Å²) in [5, 5.41) is 8.76. The zero-order valence-corrected chi connectivity index (χ0v) is 11.7. The second-order valence-electron chi connectivity index (χ2n) is 3.88. The van der Waals surface area contributed by atoms with Crippen LogP contribution in [0.3, 0.4) is 0 Å².